The van der Waals surface area contributed by atoms with Crippen molar-refractivity contribution in [3.8, 4) is 0 Å². The van der Waals surface area contributed by atoms with Crippen LogP contribution in [0, 0.1) is 5.82 Å². The van der Waals surface area contributed by atoms with Gasteiger partial charge in [0.15, 0.2) is 5.82 Å². The number of hydrogen-bond acceptors (Lipinski definition) is 4. The van der Waals surface area contributed by atoms with E-state index in [0.29, 0.717) is 0 Å². The summed E-state index contributed by atoms with van der Waals surface area (Å²) in [6, 6.07) is 3.63. The maximum Gasteiger partial charge on any atom is 0.263 e. The van der Waals surface area contributed by atoms with Crippen LogP contribution in [0.5, 0.6) is 0 Å². The van der Waals surface area contributed by atoms with Crippen LogP contribution in [-0.2, 0) is 16.6 Å². The molecule has 0 aliphatic heterocycles. The third-order valence-corrected chi connectivity index (χ3v) is 4.92. The van der Waals surface area contributed by atoms with Gasteiger partial charge in [0.25, 0.3) is 10.0 Å². The molecule has 5 nitrogen and oxygen atoms in total. The molecule has 2 rings (SSSR count). The molecule has 0 saturated heterocycles. The predicted molar refractivity (Wildman–Crippen MR) is 77.4 cm³/mol. The van der Waals surface area contributed by atoms with Crippen molar-refractivity contribution < 1.29 is 17.9 Å². The molecule has 2 N–H and O–H groups in total. The maximum absolute atomic E-state index is 13.5. The van der Waals surface area contributed by atoms with E-state index < -0.39 is 22.4 Å². The number of hydrogen-bond donors (Lipinski definition) is 2. The van der Waals surface area contributed by atoms with E-state index in [0.717, 1.165) is 6.20 Å². The minimum Gasteiger partial charge on any atom is -0.392 e. The lowest BCUT2D eigenvalue weighted by Crippen LogP contribution is -2.15. The van der Waals surface area contributed by atoms with Gasteiger partial charge in [-0.3, -0.25) is 9.71 Å². The first-order chi connectivity index (χ1) is 9.86. The zero-order valence-corrected chi connectivity index (χ0v) is 12.7. The van der Waals surface area contributed by atoms with Gasteiger partial charge in [-0.2, -0.15) is 0 Å². The van der Waals surface area contributed by atoms with E-state index in [1.807, 2.05) is 0 Å². The second-order valence-electron chi connectivity index (χ2n) is 3.96. The summed E-state index contributed by atoms with van der Waals surface area (Å²) in [4.78, 5) is 3.21. The van der Waals surface area contributed by atoms with Crippen LogP contribution in [0.3, 0.4) is 0 Å². The minimum absolute atomic E-state index is 0.0800. The predicted octanol–water partition coefficient (Wildman–Crippen LogP) is 2.82. The molecule has 0 unspecified atom stereocenters. The summed E-state index contributed by atoms with van der Waals surface area (Å²) in [6.07, 6.45) is 2.12. The highest BCUT2D eigenvalue weighted by Gasteiger charge is 2.22. The smallest absolute Gasteiger partial charge is 0.263 e. The van der Waals surface area contributed by atoms with Gasteiger partial charge in [-0.15, -0.1) is 0 Å². The van der Waals surface area contributed by atoms with Gasteiger partial charge >= 0.3 is 0 Å². The standard InChI is InChI=1S/C12H9Cl2FN2O3S/c13-8-1-2-11(12(14)7(8)6-18)21(19,20)17-10-3-4-16-5-9(10)15/h1-5,18H,6H2,(H,16,17). The first-order valence-electron chi connectivity index (χ1n) is 5.57. The van der Waals surface area contributed by atoms with E-state index in [1.165, 1.54) is 24.4 Å². The van der Waals surface area contributed by atoms with Gasteiger partial charge in [-0.05, 0) is 18.2 Å². The van der Waals surface area contributed by atoms with Crippen LogP contribution in [0.4, 0.5) is 10.1 Å². The molecule has 1 heterocycles. The second-order valence-corrected chi connectivity index (χ2v) is 6.39. The van der Waals surface area contributed by atoms with Crippen molar-refractivity contribution in [3.05, 3.63) is 52.0 Å². The fraction of sp³-hybridized carbons (Fsp3) is 0.0833. The molecule has 0 spiro atoms. The largest absolute Gasteiger partial charge is 0.392 e. The van der Waals surface area contributed by atoms with Crippen molar-refractivity contribution in [2.24, 2.45) is 0 Å². The van der Waals surface area contributed by atoms with Crippen molar-refractivity contribution in [2.75, 3.05) is 4.72 Å². The lowest BCUT2D eigenvalue weighted by Gasteiger charge is -2.12. The Labute approximate surface area is 130 Å². The lowest BCUT2D eigenvalue weighted by molar-refractivity contribution is 0.282. The molecule has 0 aliphatic rings. The van der Waals surface area contributed by atoms with Crippen LogP contribution in [-0.4, -0.2) is 18.5 Å². The summed E-state index contributed by atoms with van der Waals surface area (Å²) in [6.45, 7) is -0.523. The van der Waals surface area contributed by atoms with Crippen LogP contribution in [0.2, 0.25) is 10.0 Å². The zero-order valence-electron chi connectivity index (χ0n) is 10.3. The minimum atomic E-state index is -4.14. The number of aromatic nitrogens is 1. The van der Waals surface area contributed by atoms with E-state index in [-0.39, 0.29) is 26.2 Å². The molecule has 0 atom stereocenters. The normalized spacial score (nSPS) is 11.4. The van der Waals surface area contributed by atoms with Gasteiger partial charge in [0, 0.05) is 16.8 Å². The summed E-state index contributed by atoms with van der Waals surface area (Å²) in [5.74, 6) is -0.825. The summed E-state index contributed by atoms with van der Waals surface area (Å²) in [5.41, 5.74) is -0.182. The molecule has 0 radical (unpaired) electrons. The SMILES string of the molecule is O=S(=O)(Nc1ccncc1F)c1ccc(Cl)c(CO)c1Cl. The molecule has 0 saturated carbocycles. The molecular formula is C12H9Cl2FN2O3S. The second kappa shape index (κ2) is 6.15. The van der Waals surface area contributed by atoms with Crippen molar-refractivity contribution in [2.45, 2.75) is 11.5 Å². The van der Waals surface area contributed by atoms with Crippen molar-refractivity contribution >= 4 is 38.9 Å². The Morgan fingerprint density at radius 1 is 1.29 bits per heavy atom. The Bertz CT molecular complexity index is 784. The summed E-state index contributed by atoms with van der Waals surface area (Å²) < 4.78 is 40.0. The molecule has 0 aliphatic carbocycles. The number of benzene rings is 1. The van der Waals surface area contributed by atoms with Gasteiger partial charge in [0.2, 0.25) is 0 Å². The molecule has 0 fully saturated rings. The quantitative estimate of drug-likeness (QED) is 0.888. The van der Waals surface area contributed by atoms with E-state index in [4.69, 9.17) is 23.2 Å². The van der Waals surface area contributed by atoms with Crippen LogP contribution in [0.1, 0.15) is 5.56 Å². The first-order valence-corrected chi connectivity index (χ1v) is 7.81. The van der Waals surface area contributed by atoms with Gasteiger partial charge in [0.05, 0.1) is 23.5 Å². The van der Waals surface area contributed by atoms with Gasteiger partial charge in [0.1, 0.15) is 4.90 Å². The molecule has 9 heteroatoms. The average Bonchev–Trinajstić information content (AvgIpc) is 2.41. The molecule has 0 amide bonds. The highest BCUT2D eigenvalue weighted by molar-refractivity contribution is 7.92. The number of aliphatic hydroxyl groups is 1. The first kappa shape index (κ1) is 16.0. The lowest BCUT2D eigenvalue weighted by atomic mass is 10.2. The molecular weight excluding hydrogens is 342 g/mol. The summed E-state index contributed by atoms with van der Waals surface area (Å²) >= 11 is 11.7. The van der Waals surface area contributed by atoms with Crippen molar-refractivity contribution in [3.63, 3.8) is 0 Å². The average molecular weight is 351 g/mol. The fourth-order valence-corrected chi connectivity index (χ4v) is 3.55. The molecule has 1 aromatic heterocycles. The van der Waals surface area contributed by atoms with E-state index in [2.05, 4.69) is 9.71 Å². The number of halogens is 3. The van der Waals surface area contributed by atoms with Crippen LogP contribution in [0.15, 0.2) is 35.5 Å². The number of nitrogens with one attached hydrogen (secondary N) is 1. The maximum atomic E-state index is 13.5. The fourth-order valence-electron chi connectivity index (χ4n) is 1.59. The topological polar surface area (TPSA) is 79.3 Å². The Morgan fingerprint density at radius 3 is 2.62 bits per heavy atom. The number of nitrogens with zero attached hydrogens (tertiary/aromatic N) is 1. The van der Waals surface area contributed by atoms with Gasteiger partial charge < -0.3 is 5.11 Å². The number of pyridine rings is 1. The molecule has 1 aromatic carbocycles. The van der Waals surface area contributed by atoms with Gasteiger partial charge in [-0.1, -0.05) is 23.2 Å². The van der Waals surface area contributed by atoms with E-state index in [9.17, 15) is 17.9 Å². The highest BCUT2D eigenvalue weighted by Crippen LogP contribution is 2.32. The van der Waals surface area contributed by atoms with E-state index in [1.54, 1.807) is 0 Å². The van der Waals surface area contributed by atoms with Gasteiger partial charge in [-0.25, -0.2) is 12.8 Å². The Morgan fingerprint density at radius 2 is 2.00 bits per heavy atom. The molecule has 2 aromatic rings. The zero-order chi connectivity index (χ0) is 15.6. The number of anilines is 1. The third kappa shape index (κ3) is 3.26. The number of rotatable bonds is 4. The monoisotopic (exact) mass is 350 g/mol. The van der Waals surface area contributed by atoms with E-state index >= 15 is 0 Å². The number of aliphatic hydroxyl groups excluding tert-OH is 1. The Balaban J connectivity index is 2.48. The Hall–Kier alpha value is -1.41. The summed E-state index contributed by atoms with van der Waals surface area (Å²) in [7, 11) is -4.14. The van der Waals surface area contributed by atoms with Crippen molar-refractivity contribution in [1.29, 1.82) is 0 Å². The molecule has 112 valence electrons. The van der Waals surface area contributed by atoms with Crippen LogP contribution >= 0.6 is 23.2 Å². The summed E-state index contributed by atoms with van der Waals surface area (Å²) in [5, 5.41) is 9.09. The number of sulfonamides is 1. The van der Waals surface area contributed by atoms with Crippen LogP contribution in [0.25, 0.3) is 0 Å². The highest BCUT2D eigenvalue weighted by atomic mass is 35.5. The molecule has 21 heavy (non-hydrogen) atoms. The Kier molecular flexibility index (Phi) is 4.67. The molecule has 0 bridgehead atoms. The third-order valence-electron chi connectivity index (χ3n) is 2.62. The van der Waals surface area contributed by atoms with Crippen molar-refractivity contribution in [1.82, 2.24) is 4.98 Å². The van der Waals surface area contributed by atoms with Crippen LogP contribution < -0.4 is 4.72 Å².